The van der Waals surface area contributed by atoms with Gasteiger partial charge < -0.3 is 9.05 Å². The van der Waals surface area contributed by atoms with Gasteiger partial charge >= 0.3 is 0 Å². The molecule has 3 nitrogen and oxygen atoms in total. The second-order valence-corrected chi connectivity index (χ2v) is 4.17. The van der Waals surface area contributed by atoms with Crippen molar-refractivity contribution in [2.45, 2.75) is 39.9 Å². The Morgan fingerprint density at radius 2 is 1.36 bits per heavy atom. The van der Waals surface area contributed by atoms with Crippen molar-refractivity contribution < 1.29 is 9.05 Å². The smallest absolute Gasteiger partial charge is 0.256 e. The molecule has 0 radical (unpaired) electrons. The predicted octanol–water partition coefficient (Wildman–Crippen LogP) is 2.28. The quantitative estimate of drug-likeness (QED) is 0.657. The molecule has 0 rings (SSSR count). The van der Waals surface area contributed by atoms with Gasteiger partial charge in [0.2, 0.25) is 0 Å². The van der Waals surface area contributed by atoms with E-state index in [9.17, 15) is 0 Å². The van der Waals surface area contributed by atoms with Gasteiger partial charge in [-0.1, -0.05) is 0 Å². The standard InChI is InChI=1S/C7H18NO2P/c1-6(2)9-11(8-5)10-7(3)4/h6-8H,1-5H3. The van der Waals surface area contributed by atoms with Gasteiger partial charge in [-0.2, -0.15) is 0 Å². The van der Waals surface area contributed by atoms with Crippen molar-refractivity contribution in [3.8, 4) is 0 Å². The first kappa shape index (κ1) is 11.3. The molecule has 0 saturated carbocycles. The highest BCUT2D eigenvalue weighted by Crippen LogP contribution is 2.35. The van der Waals surface area contributed by atoms with Crippen LogP contribution in [0.25, 0.3) is 0 Å². The first-order valence-corrected chi connectivity index (χ1v) is 5.05. The van der Waals surface area contributed by atoms with E-state index in [1.54, 1.807) is 0 Å². The Hall–Kier alpha value is 0.310. The average molecular weight is 179 g/mol. The van der Waals surface area contributed by atoms with E-state index in [0.717, 1.165) is 0 Å². The van der Waals surface area contributed by atoms with Crippen molar-refractivity contribution in [3.63, 3.8) is 0 Å². The van der Waals surface area contributed by atoms with Gasteiger partial charge in [-0.05, 0) is 34.7 Å². The van der Waals surface area contributed by atoms with Crippen LogP contribution in [0, 0.1) is 0 Å². The van der Waals surface area contributed by atoms with Gasteiger partial charge in [0.05, 0.1) is 12.2 Å². The summed E-state index contributed by atoms with van der Waals surface area (Å²) in [5.74, 6) is 0. The molecular formula is C7H18NO2P. The monoisotopic (exact) mass is 179 g/mol. The van der Waals surface area contributed by atoms with Crippen LogP contribution in [-0.2, 0) is 9.05 Å². The maximum absolute atomic E-state index is 5.44. The van der Waals surface area contributed by atoms with E-state index in [4.69, 9.17) is 9.05 Å². The van der Waals surface area contributed by atoms with Crippen LogP contribution in [0.2, 0.25) is 0 Å². The molecule has 0 aliphatic heterocycles. The van der Waals surface area contributed by atoms with Crippen LogP contribution < -0.4 is 5.09 Å². The van der Waals surface area contributed by atoms with Crippen LogP contribution in [0.4, 0.5) is 0 Å². The molecule has 1 N–H and O–H groups in total. The molecule has 0 atom stereocenters. The first-order valence-electron chi connectivity index (χ1n) is 3.87. The van der Waals surface area contributed by atoms with Crippen molar-refractivity contribution in [2.24, 2.45) is 0 Å². The summed E-state index contributed by atoms with van der Waals surface area (Å²) in [4.78, 5) is 0. The molecule has 0 aromatic carbocycles. The van der Waals surface area contributed by atoms with Crippen molar-refractivity contribution in [1.29, 1.82) is 0 Å². The molecule has 0 aromatic heterocycles. The van der Waals surface area contributed by atoms with Crippen LogP contribution in [0.1, 0.15) is 27.7 Å². The molecule has 0 unspecified atom stereocenters. The minimum atomic E-state index is -0.887. The summed E-state index contributed by atoms with van der Waals surface area (Å²) in [7, 11) is 0.956. The summed E-state index contributed by atoms with van der Waals surface area (Å²) in [5, 5.41) is 2.99. The Balaban J connectivity index is 3.58. The highest BCUT2D eigenvalue weighted by molar-refractivity contribution is 7.44. The lowest BCUT2D eigenvalue weighted by molar-refractivity contribution is 0.173. The summed E-state index contributed by atoms with van der Waals surface area (Å²) in [6.45, 7) is 7.99. The topological polar surface area (TPSA) is 30.5 Å². The lowest BCUT2D eigenvalue weighted by Gasteiger charge is -2.19. The third-order valence-corrected chi connectivity index (χ3v) is 2.39. The van der Waals surface area contributed by atoms with Crippen LogP contribution in [0.15, 0.2) is 0 Å². The maximum atomic E-state index is 5.44. The Kier molecular flexibility index (Phi) is 6.06. The van der Waals surface area contributed by atoms with E-state index < -0.39 is 8.53 Å². The molecular weight excluding hydrogens is 161 g/mol. The molecule has 0 heterocycles. The minimum Gasteiger partial charge on any atom is -0.319 e. The number of rotatable bonds is 5. The van der Waals surface area contributed by atoms with Crippen molar-refractivity contribution >= 4 is 8.53 Å². The fraction of sp³-hybridized carbons (Fsp3) is 1.00. The van der Waals surface area contributed by atoms with Gasteiger partial charge in [0.15, 0.2) is 0 Å². The van der Waals surface area contributed by atoms with Gasteiger partial charge in [-0.25, -0.2) is 0 Å². The first-order chi connectivity index (χ1) is 5.06. The van der Waals surface area contributed by atoms with E-state index in [1.807, 2.05) is 34.7 Å². The van der Waals surface area contributed by atoms with Gasteiger partial charge in [-0.15, -0.1) is 0 Å². The van der Waals surface area contributed by atoms with E-state index >= 15 is 0 Å². The molecule has 0 fully saturated rings. The Labute approximate surface area is 70.4 Å². The number of hydrogen-bond acceptors (Lipinski definition) is 3. The number of nitrogens with one attached hydrogen (secondary N) is 1. The average Bonchev–Trinajstić information content (AvgIpc) is 1.84. The zero-order chi connectivity index (χ0) is 8.85. The molecule has 68 valence electrons. The van der Waals surface area contributed by atoms with Crippen LogP contribution in [-0.4, -0.2) is 19.3 Å². The second-order valence-electron chi connectivity index (χ2n) is 2.79. The zero-order valence-corrected chi connectivity index (χ0v) is 8.81. The van der Waals surface area contributed by atoms with Crippen LogP contribution >= 0.6 is 8.53 Å². The highest BCUT2D eigenvalue weighted by Gasteiger charge is 2.11. The second kappa shape index (κ2) is 5.90. The normalized spacial score (nSPS) is 12.0. The van der Waals surface area contributed by atoms with E-state index in [1.165, 1.54) is 0 Å². The molecule has 0 aliphatic carbocycles. The summed E-state index contributed by atoms with van der Waals surface area (Å²) in [5.41, 5.74) is 0. The van der Waals surface area contributed by atoms with Gasteiger partial charge in [0, 0.05) is 0 Å². The van der Waals surface area contributed by atoms with Gasteiger partial charge in [-0.3, -0.25) is 5.09 Å². The molecule has 0 amide bonds. The Morgan fingerprint density at radius 1 is 1.00 bits per heavy atom. The highest BCUT2D eigenvalue weighted by atomic mass is 31.2. The molecule has 0 saturated heterocycles. The summed E-state index contributed by atoms with van der Waals surface area (Å²) >= 11 is 0. The van der Waals surface area contributed by atoms with E-state index in [2.05, 4.69) is 5.09 Å². The predicted molar refractivity (Wildman–Crippen MR) is 48.4 cm³/mol. The molecule has 0 aliphatic rings. The Bertz CT molecular complexity index is 88.4. The summed E-state index contributed by atoms with van der Waals surface area (Å²) in [6, 6.07) is 0. The zero-order valence-electron chi connectivity index (χ0n) is 7.92. The van der Waals surface area contributed by atoms with Crippen LogP contribution in [0.3, 0.4) is 0 Å². The largest absolute Gasteiger partial charge is 0.319 e. The van der Waals surface area contributed by atoms with Gasteiger partial charge in [0.25, 0.3) is 8.53 Å². The van der Waals surface area contributed by atoms with Crippen molar-refractivity contribution in [3.05, 3.63) is 0 Å². The third kappa shape index (κ3) is 6.70. The fourth-order valence-corrected chi connectivity index (χ4v) is 1.54. The van der Waals surface area contributed by atoms with E-state index in [0.29, 0.717) is 0 Å². The summed E-state index contributed by atoms with van der Waals surface area (Å²) in [6.07, 6.45) is 0.430. The van der Waals surface area contributed by atoms with E-state index in [-0.39, 0.29) is 12.2 Å². The fourth-order valence-electron chi connectivity index (χ4n) is 0.513. The van der Waals surface area contributed by atoms with Crippen LogP contribution in [0.5, 0.6) is 0 Å². The Morgan fingerprint density at radius 3 is 1.55 bits per heavy atom. The summed E-state index contributed by atoms with van der Waals surface area (Å²) < 4.78 is 10.9. The molecule has 0 spiro atoms. The van der Waals surface area contributed by atoms with Crippen molar-refractivity contribution in [1.82, 2.24) is 5.09 Å². The molecule has 0 aromatic rings. The van der Waals surface area contributed by atoms with Gasteiger partial charge in [0.1, 0.15) is 0 Å². The minimum absolute atomic E-state index is 0.215. The lowest BCUT2D eigenvalue weighted by atomic mass is 10.5. The molecule has 4 heteroatoms. The number of hydrogen-bond donors (Lipinski definition) is 1. The third-order valence-electron chi connectivity index (χ3n) is 0.796. The SMILES string of the molecule is CNP(OC(C)C)OC(C)C. The molecule has 0 bridgehead atoms. The van der Waals surface area contributed by atoms with Crippen molar-refractivity contribution in [2.75, 3.05) is 7.05 Å². The lowest BCUT2D eigenvalue weighted by Crippen LogP contribution is -2.12. The molecule has 11 heavy (non-hydrogen) atoms. The maximum Gasteiger partial charge on any atom is 0.256 e.